The summed E-state index contributed by atoms with van der Waals surface area (Å²) in [5.74, 6) is -0.609. The van der Waals surface area contributed by atoms with Crippen molar-refractivity contribution in [2.45, 2.75) is 13.0 Å². The SMILES string of the molecule is COc1ccc(NC(=O)C(C)OC(=O)c2cccc(N)c2)cc1Cl. The number of hydrogen-bond acceptors (Lipinski definition) is 5. The highest BCUT2D eigenvalue weighted by Gasteiger charge is 2.19. The number of ether oxygens (including phenoxy) is 2. The van der Waals surface area contributed by atoms with Crippen molar-refractivity contribution < 1.29 is 19.1 Å². The Bertz CT molecular complexity index is 764. The Morgan fingerprint density at radius 1 is 1.21 bits per heavy atom. The first kappa shape index (κ1) is 17.6. The van der Waals surface area contributed by atoms with Crippen LogP contribution in [-0.4, -0.2) is 25.1 Å². The van der Waals surface area contributed by atoms with Gasteiger partial charge >= 0.3 is 5.97 Å². The van der Waals surface area contributed by atoms with Crippen molar-refractivity contribution in [3.05, 3.63) is 53.1 Å². The lowest BCUT2D eigenvalue weighted by molar-refractivity contribution is -0.123. The van der Waals surface area contributed by atoms with Gasteiger partial charge in [0.15, 0.2) is 6.10 Å². The zero-order valence-corrected chi connectivity index (χ0v) is 14.0. The summed E-state index contributed by atoms with van der Waals surface area (Å²) in [7, 11) is 1.50. The van der Waals surface area contributed by atoms with Gasteiger partial charge in [0.1, 0.15) is 5.75 Å². The van der Waals surface area contributed by atoms with Gasteiger partial charge in [-0.3, -0.25) is 4.79 Å². The van der Waals surface area contributed by atoms with Crippen LogP contribution in [0.4, 0.5) is 11.4 Å². The lowest BCUT2D eigenvalue weighted by atomic mass is 10.2. The van der Waals surface area contributed by atoms with Crippen LogP contribution in [0.2, 0.25) is 5.02 Å². The molecule has 0 heterocycles. The van der Waals surface area contributed by atoms with E-state index in [0.29, 0.717) is 22.1 Å². The molecular weight excluding hydrogens is 332 g/mol. The zero-order valence-electron chi connectivity index (χ0n) is 13.2. The number of carbonyl (C=O) groups is 2. The molecule has 0 aromatic heterocycles. The molecule has 2 aromatic carbocycles. The van der Waals surface area contributed by atoms with Gasteiger partial charge in [-0.15, -0.1) is 0 Å². The van der Waals surface area contributed by atoms with Gasteiger partial charge in [-0.1, -0.05) is 17.7 Å². The first-order valence-electron chi connectivity index (χ1n) is 7.11. The van der Waals surface area contributed by atoms with E-state index in [1.54, 1.807) is 36.4 Å². The van der Waals surface area contributed by atoms with Gasteiger partial charge in [-0.25, -0.2) is 4.79 Å². The molecule has 6 nitrogen and oxygen atoms in total. The van der Waals surface area contributed by atoms with Crippen LogP contribution in [0, 0.1) is 0 Å². The summed E-state index contributed by atoms with van der Waals surface area (Å²) in [4.78, 5) is 24.1. The number of hydrogen-bond donors (Lipinski definition) is 2. The molecule has 24 heavy (non-hydrogen) atoms. The molecule has 0 saturated heterocycles. The first-order chi connectivity index (χ1) is 11.4. The van der Waals surface area contributed by atoms with Crippen LogP contribution in [0.15, 0.2) is 42.5 Å². The Hall–Kier alpha value is -2.73. The highest BCUT2D eigenvalue weighted by Crippen LogP contribution is 2.27. The van der Waals surface area contributed by atoms with Crippen LogP contribution in [0.1, 0.15) is 17.3 Å². The summed E-state index contributed by atoms with van der Waals surface area (Å²) in [5, 5.41) is 2.98. The van der Waals surface area contributed by atoms with Gasteiger partial charge < -0.3 is 20.5 Å². The molecule has 0 aliphatic rings. The number of rotatable bonds is 5. The molecule has 1 amide bonds. The average molecular weight is 349 g/mol. The Morgan fingerprint density at radius 3 is 2.58 bits per heavy atom. The van der Waals surface area contributed by atoms with Crippen LogP contribution < -0.4 is 15.8 Å². The normalized spacial score (nSPS) is 11.5. The van der Waals surface area contributed by atoms with E-state index < -0.39 is 18.0 Å². The van der Waals surface area contributed by atoms with Crippen molar-refractivity contribution in [2.24, 2.45) is 0 Å². The molecule has 2 aromatic rings. The second-order valence-corrected chi connectivity index (χ2v) is 5.42. The number of nitrogen functional groups attached to an aromatic ring is 1. The fraction of sp³-hybridized carbons (Fsp3) is 0.176. The minimum Gasteiger partial charge on any atom is -0.495 e. The summed E-state index contributed by atoms with van der Waals surface area (Å²) in [6, 6.07) is 11.1. The molecule has 0 aliphatic heterocycles. The van der Waals surface area contributed by atoms with Crippen molar-refractivity contribution in [2.75, 3.05) is 18.2 Å². The molecular formula is C17H17ClN2O4. The first-order valence-corrected chi connectivity index (χ1v) is 7.49. The highest BCUT2D eigenvalue weighted by molar-refractivity contribution is 6.32. The molecule has 3 N–H and O–H groups in total. The van der Waals surface area contributed by atoms with Gasteiger partial charge in [0, 0.05) is 11.4 Å². The molecule has 0 saturated carbocycles. The fourth-order valence-corrected chi connectivity index (χ4v) is 2.19. The van der Waals surface area contributed by atoms with Crippen molar-refractivity contribution >= 4 is 34.9 Å². The number of benzene rings is 2. The number of carbonyl (C=O) groups excluding carboxylic acids is 2. The number of amides is 1. The molecule has 0 spiro atoms. The molecule has 7 heteroatoms. The molecule has 126 valence electrons. The van der Waals surface area contributed by atoms with E-state index >= 15 is 0 Å². The Kier molecular flexibility index (Phi) is 5.65. The number of methoxy groups -OCH3 is 1. The van der Waals surface area contributed by atoms with Crippen molar-refractivity contribution in [1.29, 1.82) is 0 Å². The molecule has 1 atom stereocenters. The predicted molar refractivity (Wildman–Crippen MR) is 92.4 cm³/mol. The van der Waals surface area contributed by atoms with E-state index in [-0.39, 0.29) is 5.56 Å². The van der Waals surface area contributed by atoms with Crippen LogP contribution in [0.5, 0.6) is 5.75 Å². The number of nitrogens with one attached hydrogen (secondary N) is 1. The van der Waals surface area contributed by atoms with E-state index in [1.165, 1.54) is 20.1 Å². The molecule has 0 aliphatic carbocycles. The smallest absolute Gasteiger partial charge is 0.338 e. The monoisotopic (exact) mass is 348 g/mol. The number of anilines is 2. The van der Waals surface area contributed by atoms with E-state index in [0.717, 1.165) is 0 Å². The zero-order chi connectivity index (χ0) is 17.7. The maximum atomic E-state index is 12.1. The Morgan fingerprint density at radius 2 is 1.96 bits per heavy atom. The van der Waals surface area contributed by atoms with E-state index in [9.17, 15) is 9.59 Å². The standard InChI is InChI=1S/C17H17ClN2O4/c1-10(24-17(22)11-4-3-5-12(19)8-11)16(21)20-13-6-7-15(23-2)14(18)9-13/h3-10H,19H2,1-2H3,(H,20,21). The highest BCUT2D eigenvalue weighted by atomic mass is 35.5. The summed E-state index contributed by atoms with van der Waals surface area (Å²) in [6.45, 7) is 1.48. The van der Waals surface area contributed by atoms with Gasteiger partial charge in [0.05, 0.1) is 17.7 Å². The van der Waals surface area contributed by atoms with Gasteiger partial charge in [-0.05, 0) is 43.3 Å². The summed E-state index contributed by atoms with van der Waals surface area (Å²) < 4.78 is 10.2. The van der Waals surface area contributed by atoms with Crippen molar-refractivity contribution in [3.63, 3.8) is 0 Å². The summed E-state index contributed by atoms with van der Waals surface area (Å²) in [6.07, 6.45) is -0.986. The topological polar surface area (TPSA) is 90.6 Å². The number of nitrogens with two attached hydrogens (primary N) is 1. The Labute approximate surface area is 144 Å². The average Bonchev–Trinajstić information content (AvgIpc) is 2.55. The van der Waals surface area contributed by atoms with E-state index in [1.807, 2.05) is 0 Å². The third kappa shape index (κ3) is 4.39. The van der Waals surface area contributed by atoms with Crippen molar-refractivity contribution in [1.82, 2.24) is 0 Å². The second-order valence-electron chi connectivity index (χ2n) is 5.01. The van der Waals surface area contributed by atoms with E-state index in [4.69, 9.17) is 26.8 Å². The largest absolute Gasteiger partial charge is 0.495 e. The quantitative estimate of drug-likeness (QED) is 0.640. The van der Waals surface area contributed by atoms with Crippen LogP contribution in [0.3, 0.4) is 0 Å². The summed E-state index contributed by atoms with van der Waals surface area (Å²) in [5.41, 5.74) is 6.81. The third-order valence-electron chi connectivity index (χ3n) is 3.19. The predicted octanol–water partition coefficient (Wildman–Crippen LogP) is 3.11. The minimum absolute atomic E-state index is 0.280. The minimum atomic E-state index is -0.986. The number of halogens is 1. The summed E-state index contributed by atoms with van der Waals surface area (Å²) >= 11 is 6.00. The fourth-order valence-electron chi connectivity index (χ4n) is 1.94. The molecule has 0 fully saturated rings. The molecule has 2 rings (SSSR count). The maximum Gasteiger partial charge on any atom is 0.338 e. The number of esters is 1. The second kappa shape index (κ2) is 7.70. The van der Waals surface area contributed by atoms with Crippen molar-refractivity contribution in [3.8, 4) is 5.75 Å². The molecule has 1 unspecified atom stereocenters. The lowest BCUT2D eigenvalue weighted by Gasteiger charge is -2.14. The van der Waals surface area contributed by atoms with Crippen LogP contribution in [0.25, 0.3) is 0 Å². The molecule has 0 bridgehead atoms. The van der Waals surface area contributed by atoms with Gasteiger partial charge in [0.2, 0.25) is 0 Å². The van der Waals surface area contributed by atoms with Crippen LogP contribution in [-0.2, 0) is 9.53 Å². The van der Waals surface area contributed by atoms with Gasteiger partial charge in [0.25, 0.3) is 5.91 Å². The maximum absolute atomic E-state index is 12.1. The van der Waals surface area contributed by atoms with E-state index in [2.05, 4.69) is 5.32 Å². The Balaban J connectivity index is 1.99. The van der Waals surface area contributed by atoms with Gasteiger partial charge in [-0.2, -0.15) is 0 Å². The third-order valence-corrected chi connectivity index (χ3v) is 3.49. The van der Waals surface area contributed by atoms with Crippen LogP contribution >= 0.6 is 11.6 Å². The lowest BCUT2D eigenvalue weighted by Crippen LogP contribution is -2.30. The molecule has 0 radical (unpaired) electrons.